The molecule has 2 fully saturated rings. The van der Waals surface area contributed by atoms with E-state index >= 15 is 0 Å². The van der Waals surface area contributed by atoms with E-state index in [0.29, 0.717) is 61.5 Å². The summed E-state index contributed by atoms with van der Waals surface area (Å²) in [6, 6.07) is 1.21. The predicted molar refractivity (Wildman–Crippen MR) is 127 cm³/mol. The van der Waals surface area contributed by atoms with Gasteiger partial charge >= 0.3 is 0 Å². The first-order valence-electron chi connectivity index (χ1n) is 12.1. The van der Waals surface area contributed by atoms with Crippen molar-refractivity contribution in [2.45, 2.75) is 63.6 Å². The van der Waals surface area contributed by atoms with Crippen LogP contribution in [-0.2, 0) is 9.53 Å². The number of nitrogens with one attached hydrogen (secondary N) is 2. The Morgan fingerprint density at radius 2 is 1.83 bits per heavy atom. The normalized spacial score (nSPS) is 24.6. The largest absolute Gasteiger partial charge is 0.378 e. The first-order valence-corrected chi connectivity index (χ1v) is 12.1. The van der Waals surface area contributed by atoms with E-state index in [2.05, 4.69) is 20.6 Å². The fraction of sp³-hybridized carbons (Fsp3) is 0.500. The van der Waals surface area contributed by atoms with Crippen LogP contribution in [0.25, 0.3) is 11.2 Å². The van der Waals surface area contributed by atoms with E-state index < -0.39 is 23.1 Å². The molecule has 0 radical (unpaired) electrons. The van der Waals surface area contributed by atoms with E-state index in [-0.39, 0.29) is 36.0 Å². The molecule has 0 bridgehead atoms. The Labute approximate surface area is 205 Å². The molecule has 1 aromatic carbocycles. The third kappa shape index (κ3) is 4.95. The highest BCUT2D eigenvalue weighted by Gasteiger charge is 2.30. The second-order valence-corrected chi connectivity index (χ2v) is 9.53. The van der Waals surface area contributed by atoms with E-state index in [4.69, 9.17) is 15.5 Å². The van der Waals surface area contributed by atoms with Gasteiger partial charge in [0, 0.05) is 36.7 Å². The van der Waals surface area contributed by atoms with Gasteiger partial charge < -0.3 is 21.1 Å². The van der Waals surface area contributed by atoms with Crippen molar-refractivity contribution < 1.29 is 22.7 Å². The minimum absolute atomic E-state index is 0.127. The average Bonchev–Trinajstić information content (AvgIpc) is 3.18. The molecule has 4 N–H and O–H groups in total. The van der Waals surface area contributed by atoms with E-state index in [1.54, 1.807) is 10.8 Å². The molecule has 0 spiro atoms. The summed E-state index contributed by atoms with van der Waals surface area (Å²) in [6.07, 6.45) is 5.68. The molecule has 9 nitrogen and oxygen atoms in total. The minimum Gasteiger partial charge on any atom is -0.378 e. The van der Waals surface area contributed by atoms with Crippen molar-refractivity contribution in [2.75, 3.05) is 17.2 Å². The number of rotatable bonds is 6. The van der Waals surface area contributed by atoms with E-state index in [1.807, 2.05) is 6.92 Å². The smallest absolute Gasteiger partial charge is 0.224 e. The molecule has 1 aliphatic heterocycles. The number of benzene rings is 1. The summed E-state index contributed by atoms with van der Waals surface area (Å²) in [6.45, 7) is 2.66. The highest BCUT2D eigenvalue weighted by molar-refractivity contribution is 5.78. The van der Waals surface area contributed by atoms with Gasteiger partial charge in [-0.05, 0) is 45.4 Å². The first-order chi connectivity index (χ1) is 17.3. The summed E-state index contributed by atoms with van der Waals surface area (Å²) in [5.74, 6) is -3.16. The lowest BCUT2D eigenvalue weighted by Crippen LogP contribution is -2.33. The number of halogens is 3. The summed E-state index contributed by atoms with van der Waals surface area (Å²) in [4.78, 5) is 25.3. The van der Waals surface area contributed by atoms with Crippen LogP contribution in [0.15, 0.2) is 18.3 Å². The number of imidazole rings is 1. The molecule has 2 atom stereocenters. The zero-order valence-corrected chi connectivity index (χ0v) is 19.8. The standard InChI is InChI=1S/C24H28F3N7O2/c1-12-8-15(6-7-36-12)30-23-29-11-19-22(33-23)34(16-4-2-13(3-5-16)21(28)35)24(31-19)32-20-17(26)9-14(25)10-18(20)27/h9-13,15-16H,2-8H2,1H3,(H2,28,35)(H,31,32)(H,29,30,33)/t12-,13?,15-,16?/m0/s1. The van der Waals surface area contributed by atoms with Crippen LogP contribution in [0.5, 0.6) is 0 Å². The number of hydrogen-bond donors (Lipinski definition) is 3. The zero-order chi connectivity index (χ0) is 25.4. The Kier molecular flexibility index (Phi) is 6.69. The van der Waals surface area contributed by atoms with Crippen molar-refractivity contribution in [3.63, 3.8) is 0 Å². The van der Waals surface area contributed by atoms with E-state index in [9.17, 15) is 18.0 Å². The number of aromatic nitrogens is 4. The van der Waals surface area contributed by atoms with Gasteiger partial charge in [0.15, 0.2) is 17.3 Å². The Balaban J connectivity index is 1.51. The number of fused-ring (bicyclic) bond motifs is 1. The molecule has 2 aromatic heterocycles. The summed E-state index contributed by atoms with van der Waals surface area (Å²) < 4.78 is 49.7. The maximum absolute atomic E-state index is 14.4. The first kappa shape index (κ1) is 24.3. The molecule has 192 valence electrons. The molecular weight excluding hydrogens is 475 g/mol. The van der Waals surface area contributed by atoms with Crippen molar-refractivity contribution in [1.82, 2.24) is 19.5 Å². The van der Waals surface area contributed by atoms with Gasteiger partial charge in [-0.3, -0.25) is 9.36 Å². The van der Waals surface area contributed by atoms with Gasteiger partial charge in [0.25, 0.3) is 0 Å². The molecule has 3 aromatic rings. The van der Waals surface area contributed by atoms with Crippen molar-refractivity contribution in [3.05, 3.63) is 35.8 Å². The Hall–Kier alpha value is -3.41. The van der Waals surface area contributed by atoms with Crippen molar-refractivity contribution in [1.29, 1.82) is 0 Å². The maximum atomic E-state index is 14.4. The minimum atomic E-state index is -1.08. The number of amides is 1. The number of nitrogens with zero attached hydrogens (tertiary/aromatic N) is 4. The van der Waals surface area contributed by atoms with Crippen molar-refractivity contribution in [3.8, 4) is 0 Å². The number of ether oxygens (including phenoxy) is 1. The molecule has 1 amide bonds. The van der Waals surface area contributed by atoms with Crippen LogP contribution < -0.4 is 16.4 Å². The van der Waals surface area contributed by atoms with E-state index in [1.165, 1.54) is 0 Å². The van der Waals surface area contributed by atoms with Crippen LogP contribution in [0.1, 0.15) is 51.5 Å². The molecule has 36 heavy (non-hydrogen) atoms. The molecular formula is C24H28F3N7O2. The SMILES string of the molecule is C[C@H]1C[C@@H](Nc2ncc3nc(Nc4c(F)cc(F)cc4F)n(C4CCC(C(N)=O)CC4)c3n2)CCO1. The molecule has 0 unspecified atom stereocenters. The van der Waals surface area contributed by atoms with Crippen LogP contribution in [0, 0.1) is 23.4 Å². The third-order valence-corrected chi connectivity index (χ3v) is 6.96. The lowest BCUT2D eigenvalue weighted by Gasteiger charge is -2.29. The molecule has 1 saturated heterocycles. The Bertz CT molecular complexity index is 1250. The van der Waals surface area contributed by atoms with Gasteiger partial charge in [-0.15, -0.1) is 0 Å². The summed E-state index contributed by atoms with van der Waals surface area (Å²) in [5.41, 5.74) is 5.90. The van der Waals surface area contributed by atoms with Crippen LogP contribution in [0.4, 0.5) is 30.8 Å². The van der Waals surface area contributed by atoms with Gasteiger partial charge in [-0.2, -0.15) is 4.98 Å². The molecule has 1 aliphatic carbocycles. The van der Waals surface area contributed by atoms with Crippen LogP contribution in [-0.4, -0.2) is 44.2 Å². The van der Waals surface area contributed by atoms with Crippen LogP contribution in [0.3, 0.4) is 0 Å². The maximum Gasteiger partial charge on any atom is 0.224 e. The Morgan fingerprint density at radius 1 is 1.11 bits per heavy atom. The summed E-state index contributed by atoms with van der Waals surface area (Å²) in [7, 11) is 0. The Morgan fingerprint density at radius 3 is 2.50 bits per heavy atom. The average molecular weight is 504 g/mol. The molecule has 3 heterocycles. The van der Waals surface area contributed by atoms with Gasteiger partial charge in [0.1, 0.15) is 17.0 Å². The topological polar surface area (TPSA) is 120 Å². The quantitative estimate of drug-likeness (QED) is 0.462. The van der Waals surface area contributed by atoms with Gasteiger partial charge in [-0.1, -0.05) is 0 Å². The molecule has 5 rings (SSSR count). The van der Waals surface area contributed by atoms with Gasteiger partial charge in [0.05, 0.1) is 12.3 Å². The van der Waals surface area contributed by atoms with Crippen LogP contribution in [0.2, 0.25) is 0 Å². The number of anilines is 3. The lowest BCUT2D eigenvalue weighted by molar-refractivity contribution is -0.122. The fourth-order valence-electron chi connectivity index (χ4n) is 5.10. The van der Waals surface area contributed by atoms with Gasteiger partial charge in [-0.25, -0.2) is 23.1 Å². The second kappa shape index (κ2) is 9.92. The highest BCUT2D eigenvalue weighted by Crippen LogP contribution is 2.37. The molecule has 2 aliphatic rings. The monoisotopic (exact) mass is 503 g/mol. The van der Waals surface area contributed by atoms with Crippen molar-refractivity contribution in [2.24, 2.45) is 11.7 Å². The number of carbonyl (C=O) groups is 1. The summed E-state index contributed by atoms with van der Waals surface area (Å²) >= 11 is 0. The van der Waals surface area contributed by atoms with E-state index in [0.717, 1.165) is 12.8 Å². The molecule has 1 saturated carbocycles. The number of nitrogens with two attached hydrogens (primary N) is 1. The zero-order valence-electron chi connectivity index (χ0n) is 19.8. The predicted octanol–water partition coefficient (Wildman–Crippen LogP) is 4.18. The highest BCUT2D eigenvalue weighted by atomic mass is 19.1. The number of carbonyl (C=O) groups excluding carboxylic acids is 1. The fourth-order valence-corrected chi connectivity index (χ4v) is 5.10. The third-order valence-electron chi connectivity index (χ3n) is 6.96. The number of hydrogen-bond acceptors (Lipinski definition) is 7. The van der Waals surface area contributed by atoms with Gasteiger partial charge in [0.2, 0.25) is 17.8 Å². The second-order valence-electron chi connectivity index (χ2n) is 9.53. The number of primary amides is 1. The van der Waals surface area contributed by atoms with Crippen LogP contribution >= 0.6 is 0 Å². The lowest BCUT2D eigenvalue weighted by atomic mass is 9.85. The van der Waals surface area contributed by atoms with Crippen molar-refractivity contribution >= 4 is 34.7 Å². The molecule has 12 heteroatoms. The summed E-state index contributed by atoms with van der Waals surface area (Å²) in [5, 5.41) is 6.05.